The van der Waals surface area contributed by atoms with E-state index < -0.39 is 0 Å². The Balaban J connectivity index is 1.35. The van der Waals surface area contributed by atoms with Gasteiger partial charge in [0.25, 0.3) is 0 Å². The van der Waals surface area contributed by atoms with Crippen molar-refractivity contribution in [3.63, 3.8) is 0 Å². The third kappa shape index (κ3) is 2.84. The van der Waals surface area contributed by atoms with E-state index in [1.807, 2.05) is 36.4 Å². The summed E-state index contributed by atoms with van der Waals surface area (Å²) in [4.78, 5) is 20.2. The van der Waals surface area contributed by atoms with Gasteiger partial charge in [0.05, 0.1) is 12.5 Å². The van der Waals surface area contributed by atoms with Crippen LogP contribution >= 0.6 is 0 Å². The van der Waals surface area contributed by atoms with Crippen LogP contribution in [0, 0.1) is 0 Å². The lowest BCUT2D eigenvalue weighted by atomic mass is 9.90. The van der Waals surface area contributed by atoms with Crippen LogP contribution in [0.25, 0.3) is 0 Å². The number of hydrogen-bond donors (Lipinski definition) is 0. The Hall–Kier alpha value is -2.56. The Morgan fingerprint density at radius 2 is 1.79 bits per heavy atom. The van der Waals surface area contributed by atoms with E-state index in [0.717, 1.165) is 49.8 Å². The molecular weight excluding hydrogens is 352 g/mol. The van der Waals surface area contributed by atoms with Crippen LogP contribution in [-0.2, 0) is 10.2 Å². The lowest BCUT2D eigenvalue weighted by Crippen LogP contribution is -2.52. The molecule has 2 aromatic rings. The van der Waals surface area contributed by atoms with Crippen LogP contribution in [0.4, 0.5) is 0 Å². The maximum absolute atomic E-state index is 13.7. The van der Waals surface area contributed by atoms with E-state index in [1.165, 1.54) is 0 Å². The first-order valence-electron chi connectivity index (χ1n) is 10.3. The Bertz CT molecular complexity index is 851. The molecule has 5 rings (SSSR count). The molecule has 3 aliphatic rings. The van der Waals surface area contributed by atoms with Gasteiger partial charge in [-0.1, -0.05) is 24.3 Å². The SMILES string of the molecule is COc1ccccc1C1(C(=O)N2C3CCC2CC(Oc2ccccn2)C3)CC1. The first-order chi connectivity index (χ1) is 13.7. The molecule has 1 amide bonds. The van der Waals surface area contributed by atoms with E-state index in [9.17, 15) is 4.79 Å². The fourth-order valence-corrected chi connectivity index (χ4v) is 5.15. The minimum absolute atomic E-state index is 0.137. The van der Waals surface area contributed by atoms with Crippen molar-refractivity contribution in [3.8, 4) is 11.6 Å². The Morgan fingerprint density at radius 1 is 1.07 bits per heavy atom. The highest BCUT2D eigenvalue weighted by Gasteiger charge is 2.58. The number of fused-ring (bicyclic) bond motifs is 2. The van der Waals surface area contributed by atoms with Crippen LogP contribution in [0.3, 0.4) is 0 Å². The maximum Gasteiger partial charge on any atom is 0.233 e. The molecule has 1 aliphatic carbocycles. The third-order valence-corrected chi connectivity index (χ3v) is 6.63. The van der Waals surface area contributed by atoms with Gasteiger partial charge in [0, 0.05) is 42.8 Å². The number of ether oxygens (including phenoxy) is 2. The molecule has 3 fully saturated rings. The number of benzene rings is 1. The topological polar surface area (TPSA) is 51.7 Å². The fraction of sp³-hybridized carbons (Fsp3) is 0.478. The van der Waals surface area contributed by atoms with E-state index in [-0.39, 0.29) is 23.6 Å². The minimum atomic E-state index is -0.387. The van der Waals surface area contributed by atoms with Crippen LogP contribution in [-0.4, -0.2) is 41.1 Å². The summed E-state index contributed by atoms with van der Waals surface area (Å²) < 4.78 is 11.7. The quantitative estimate of drug-likeness (QED) is 0.796. The molecule has 2 bridgehead atoms. The lowest BCUT2D eigenvalue weighted by Gasteiger charge is -2.40. The number of carbonyl (C=O) groups excluding carboxylic acids is 1. The summed E-state index contributed by atoms with van der Waals surface area (Å²) in [6.07, 6.45) is 7.64. The largest absolute Gasteiger partial charge is 0.496 e. The van der Waals surface area contributed by atoms with Crippen LogP contribution in [0.5, 0.6) is 11.6 Å². The molecule has 0 radical (unpaired) electrons. The van der Waals surface area contributed by atoms with Crippen LogP contribution < -0.4 is 9.47 Å². The van der Waals surface area contributed by atoms with Crippen LogP contribution in [0.2, 0.25) is 0 Å². The molecular formula is C23H26N2O3. The summed E-state index contributed by atoms with van der Waals surface area (Å²) in [7, 11) is 1.68. The van der Waals surface area contributed by atoms with Crippen molar-refractivity contribution in [3.05, 3.63) is 54.2 Å². The number of carbonyl (C=O) groups is 1. The van der Waals surface area contributed by atoms with Gasteiger partial charge in [-0.25, -0.2) is 4.98 Å². The summed E-state index contributed by atoms with van der Waals surface area (Å²) >= 11 is 0. The Labute approximate surface area is 165 Å². The van der Waals surface area contributed by atoms with Crippen LogP contribution in [0.1, 0.15) is 44.1 Å². The van der Waals surface area contributed by atoms with Gasteiger partial charge in [-0.05, 0) is 37.8 Å². The summed E-state index contributed by atoms with van der Waals surface area (Å²) in [6.45, 7) is 0. The average Bonchev–Trinajstić information content (AvgIpc) is 3.49. The molecule has 0 N–H and O–H groups in total. The van der Waals surface area contributed by atoms with Gasteiger partial charge in [0.2, 0.25) is 11.8 Å². The second-order valence-corrected chi connectivity index (χ2v) is 8.26. The van der Waals surface area contributed by atoms with E-state index >= 15 is 0 Å². The normalized spacial score (nSPS) is 27.3. The number of hydrogen-bond acceptors (Lipinski definition) is 4. The molecule has 5 heteroatoms. The number of pyridine rings is 1. The molecule has 2 saturated heterocycles. The first kappa shape index (κ1) is 17.5. The van der Waals surface area contributed by atoms with E-state index in [1.54, 1.807) is 13.3 Å². The van der Waals surface area contributed by atoms with Gasteiger partial charge in [-0.2, -0.15) is 0 Å². The molecule has 2 unspecified atom stereocenters. The van der Waals surface area contributed by atoms with Gasteiger partial charge in [-0.15, -0.1) is 0 Å². The number of nitrogens with zero attached hydrogens (tertiary/aromatic N) is 2. The lowest BCUT2D eigenvalue weighted by molar-refractivity contribution is -0.140. The molecule has 1 aromatic carbocycles. The zero-order chi connectivity index (χ0) is 19.1. The Morgan fingerprint density at radius 3 is 2.43 bits per heavy atom. The molecule has 28 heavy (non-hydrogen) atoms. The van der Waals surface area contributed by atoms with Crippen molar-refractivity contribution in [1.82, 2.24) is 9.88 Å². The van der Waals surface area contributed by atoms with Gasteiger partial charge < -0.3 is 14.4 Å². The summed E-state index contributed by atoms with van der Waals surface area (Å²) in [5.74, 6) is 1.80. The van der Waals surface area contributed by atoms with Gasteiger partial charge in [-0.3, -0.25) is 4.79 Å². The van der Waals surface area contributed by atoms with Crippen LogP contribution in [0.15, 0.2) is 48.7 Å². The van der Waals surface area contributed by atoms with Crippen molar-refractivity contribution >= 4 is 5.91 Å². The Kier molecular flexibility index (Phi) is 4.26. The molecule has 3 heterocycles. The molecule has 0 spiro atoms. The molecule has 2 atom stereocenters. The third-order valence-electron chi connectivity index (χ3n) is 6.63. The summed E-state index contributed by atoms with van der Waals surface area (Å²) in [5.41, 5.74) is 0.663. The highest BCUT2D eigenvalue weighted by atomic mass is 16.5. The minimum Gasteiger partial charge on any atom is -0.496 e. The number of piperidine rings is 1. The van der Waals surface area contributed by atoms with E-state index in [4.69, 9.17) is 9.47 Å². The van der Waals surface area contributed by atoms with Gasteiger partial charge >= 0.3 is 0 Å². The molecule has 5 nitrogen and oxygen atoms in total. The zero-order valence-electron chi connectivity index (χ0n) is 16.2. The number of para-hydroxylation sites is 1. The van der Waals surface area contributed by atoms with Crippen molar-refractivity contribution < 1.29 is 14.3 Å². The average molecular weight is 378 g/mol. The van der Waals surface area contributed by atoms with E-state index in [0.29, 0.717) is 11.8 Å². The van der Waals surface area contributed by atoms with Crippen molar-refractivity contribution in [2.45, 2.75) is 62.1 Å². The van der Waals surface area contributed by atoms with Crippen molar-refractivity contribution in [1.29, 1.82) is 0 Å². The second-order valence-electron chi connectivity index (χ2n) is 8.26. The van der Waals surface area contributed by atoms with Gasteiger partial charge in [0.15, 0.2) is 0 Å². The predicted molar refractivity (Wildman–Crippen MR) is 105 cm³/mol. The summed E-state index contributed by atoms with van der Waals surface area (Å²) in [5, 5.41) is 0. The summed E-state index contributed by atoms with van der Waals surface area (Å²) in [6, 6.07) is 14.3. The molecule has 1 aromatic heterocycles. The van der Waals surface area contributed by atoms with Crippen molar-refractivity contribution in [2.75, 3.05) is 7.11 Å². The highest BCUT2D eigenvalue weighted by Crippen LogP contribution is 2.54. The maximum atomic E-state index is 13.7. The monoisotopic (exact) mass is 378 g/mol. The molecule has 2 aliphatic heterocycles. The second kappa shape index (κ2) is 6.80. The fourth-order valence-electron chi connectivity index (χ4n) is 5.15. The smallest absolute Gasteiger partial charge is 0.233 e. The molecule has 146 valence electrons. The molecule has 1 saturated carbocycles. The van der Waals surface area contributed by atoms with Crippen molar-refractivity contribution in [2.24, 2.45) is 0 Å². The van der Waals surface area contributed by atoms with Gasteiger partial charge in [0.1, 0.15) is 11.9 Å². The number of aromatic nitrogens is 1. The standard InChI is InChI=1S/C23H26N2O3/c1-27-20-7-3-2-6-19(20)23(11-12-23)22(26)25-16-9-10-17(25)15-18(14-16)28-21-8-4-5-13-24-21/h2-8,13,16-18H,9-12,14-15H2,1H3. The first-order valence-corrected chi connectivity index (χ1v) is 10.3. The predicted octanol–water partition coefficient (Wildman–Crippen LogP) is 3.72. The highest BCUT2D eigenvalue weighted by molar-refractivity contribution is 5.93. The zero-order valence-corrected chi connectivity index (χ0v) is 16.2. The number of amides is 1. The number of methoxy groups -OCH3 is 1. The van der Waals surface area contributed by atoms with E-state index in [2.05, 4.69) is 16.0 Å². The number of rotatable bonds is 5.